The molecule has 2 heterocycles. The second-order valence-electron chi connectivity index (χ2n) is 11.3. The minimum atomic E-state index is -4.87. The van der Waals surface area contributed by atoms with Gasteiger partial charge in [-0.15, -0.1) is 0 Å². The number of nitrogens with zero attached hydrogens (tertiary/aromatic N) is 3. The monoisotopic (exact) mass is 531 g/mol. The Bertz CT molecular complexity index is 1030. The van der Waals surface area contributed by atoms with Gasteiger partial charge in [-0.25, -0.2) is 0 Å². The molecule has 2 fully saturated rings. The molecule has 0 saturated carbocycles. The summed E-state index contributed by atoms with van der Waals surface area (Å²) in [6.07, 6.45) is 0. The zero-order chi connectivity index (χ0) is 25.2. The molecule has 0 atom stereocenters. The first kappa shape index (κ1) is 25.3. The summed E-state index contributed by atoms with van der Waals surface area (Å²) in [6.45, 7) is 16.2. The van der Waals surface area contributed by atoms with Gasteiger partial charge in [-0.05, 0) is 0 Å². The van der Waals surface area contributed by atoms with Gasteiger partial charge < -0.3 is 0 Å². The number of anilines is 1. The Morgan fingerprint density at radius 2 is 0.882 bits per heavy atom. The Balaban J connectivity index is 1.70. The predicted octanol–water partition coefficient (Wildman–Crippen LogP) is 5.97. The van der Waals surface area contributed by atoms with Crippen LogP contribution in [-0.2, 0) is 14.9 Å². The van der Waals surface area contributed by atoms with Gasteiger partial charge in [0.1, 0.15) is 0 Å². The summed E-state index contributed by atoms with van der Waals surface area (Å²) >= 11 is -4.87. The van der Waals surface area contributed by atoms with E-state index in [1.807, 2.05) is 123 Å². The van der Waals surface area contributed by atoms with Crippen molar-refractivity contribution in [3.8, 4) is 0 Å². The third-order valence-electron chi connectivity index (χ3n) is 7.36. The molecule has 1 spiro atoms. The van der Waals surface area contributed by atoms with Crippen molar-refractivity contribution in [3.63, 3.8) is 0 Å². The molecule has 0 aliphatic carbocycles. The third-order valence-corrected chi connectivity index (χ3v) is 16.2. The van der Waals surface area contributed by atoms with Gasteiger partial charge in [-0.1, -0.05) is 0 Å². The van der Waals surface area contributed by atoms with Gasteiger partial charge in [0, 0.05) is 0 Å². The van der Waals surface area contributed by atoms with Crippen molar-refractivity contribution in [3.05, 3.63) is 48.5 Å². The topological polar surface area (TPSA) is 64.9 Å². The Kier molecular flexibility index (Phi) is 5.68. The summed E-state index contributed by atoms with van der Waals surface area (Å²) in [5.74, 6) is 0. The van der Waals surface area contributed by atoms with Crippen LogP contribution in [0.15, 0.2) is 58.8 Å². The zero-order valence-corrected chi connectivity index (χ0v) is 23.9. The molecule has 186 valence electrons. The van der Waals surface area contributed by atoms with E-state index in [-0.39, 0.29) is 0 Å². The van der Waals surface area contributed by atoms with Crippen LogP contribution in [0, 0.1) is 0 Å². The molecule has 2 aromatic carbocycles. The van der Waals surface area contributed by atoms with Gasteiger partial charge in [0.25, 0.3) is 0 Å². The summed E-state index contributed by atoms with van der Waals surface area (Å²) < 4.78 is 28.0. The molecule has 0 N–H and O–H groups in total. The van der Waals surface area contributed by atoms with Crippen molar-refractivity contribution in [1.82, 2.24) is 0 Å². The third kappa shape index (κ3) is 3.92. The number of benzene rings is 2. The molecule has 2 aliphatic rings. The van der Waals surface area contributed by atoms with Crippen molar-refractivity contribution in [1.29, 1.82) is 0 Å². The summed E-state index contributed by atoms with van der Waals surface area (Å²) in [6, 6.07) is 15.6. The van der Waals surface area contributed by atoms with Crippen molar-refractivity contribution in [2.75, 3.05) is 19.0 Å². The van der Waals surface area contributed by atoms with E-state index < -0.39 is 36.2 Å². The van der Waals surface area contributed by atoms with Gasteiger partial charge in [0.2, 0.25) is 0 Å². The minimum absolute atomic E-state index is 0.605. The van der Waals surface area contributed by atoms with E-state index in [4.69, 9.17) is 14.9 Å². The molecule has 0 amide bonds. The zero-order valence-electron chi connectivity index (χ0n) is 22.0. The summed E-state index contributed by atoms with van der Waals surface area (Å²) in [5.41, 5.74) is 0.209. The van der Waals surface area contributed by atoms with Crippen LogP contribution in [0.1, 0.15) is 55.4 Å². The van der Waals surface area contributed by atoms with E-state index in [0.717, 1.165) is 21.4 Å². The number of hydrogen-bond acceptors (Lipinski definition) is 7. The van der Waals surface area contributed by atoms with Crippen LogP contribution >= 0.6 is 0 Å². The van der Waals surface area contributed by atoms with Gasteiger partial charge in [0.05, 0.1) is 0 Å². The standard InChI is InChI=1S/C26H38AsN3O4/c1-23(2)24(3,4)32-27(31-23,33-25(5,6)26(7,8)34-27)19-11-13-20(14-12-19)28-29-21-15-17-22(18-16-21)30(9)10/h11-18H,1-10H3. The van der Waals surface area contributed by atoms with E-state index in [2.05, 4.69) is 10.2 Å². The predicted molar refractivity (Wildman–Crippen MR) is 137 cm³/mol. The molecule has 4 rings (SSSR count). The fourth-order valence-corrected chi connectivity index (χ4v) is 15.2. The first-order valence-corrected chi connectivity index (χ1v) is 15.7. The Hall–Kier alpha value is -1.76. The molecule has 0 aromatic heterocycles. The molecule has 7 nitrogen and oxygen atoms in total. The first-order valence-electron chi connectivity index (χ1n) is 11.7. The van der Waals surface area contributed by atoms with Gasteiger partial charge in [-0.2, -0.15) is 0 Å². The van der Waals surface area contributed by atoms with Crippen molar-refractivity contribution in [2.24, 2.45) is 10.2 Å². The van der Waals surface area contributed by atoms with E-state index in [1.165, 1.54) is 0 Å². The average molecular weight is 532 g/mol. The van der Waals surface area contributed by atoms with Gasteiger partial charge >= 0.3 is 206 Å². The normalized spacial score (nSPS) is 26.4. The van der Waals surface area contributed by atoms with Gasteiger partial charge in [0.15, 0.2) is 0 Å². The van der Waals surface area contributed by atoms with Crippen LogP contribution < -0.4 is 9.25 Å². The summed E-state index contributed by atoms with van der Waals surface area (Å²) in [7, 11) is 4.02. The number of azo groups is 1. The molecule has 2 aromatic rings. The Morgan fingerprint density at radius 1 is 0.559 bits per heavy atom. The Labute approximate surface area is 205 Å². The van der Waals surface area contributed by atoms with Crippen molar-refractivity contribution >= 4 is 35.2 Å². The van der Waals surface area contributed by atoms with E-state index in [0.29, 0.717) is 0 Å². The maximum absolute atomic E-state index is 6.81. The fourth-order valence-electron chi connectivity index (χ4n) is 4.03. The van der Waals surface area contributed by atoms with E-state index in [9.17, 15) is 0 Å². The molecule has 2 saturated heterocycles. The van der Waals surface area contributed by atoms with Crippen LogP contribution in [0.2, 0.25) is 0 Å². The van der Waals surface area contributed by atoms with Crippen LogP contribution in [0.4, 0.5) is 17.1 Å². The van der Waals surface area contributed by atoms with Crippen LogP contribution in [0.25, 0.3) is 0 Å². The molecule has 0 unspecified atom stereocenters. The molecule has 8 heteroatoms. The molecule has 0 bridgehead atoms. The number of hydrogen-bond donors (Lipinski definition) is 0. The SMILES string of the molecule is CN(C)c1ccc(N=Nc2ccc([As]34(OC(C)(C)C(C)(C)O3)OC(C)(C)C(C)(C)O4)cc2)cc1. The van der Waals surface area contributed by atoms with E-state index in [1.54, 1.807) is 0 Å². The van der Waals surface area contributed by atoms with Crippen LogP contribution in [0.3, 0.4) is 0 Å². The second-order valence-corrected chi connectivity index (χ2v) is 17.4. The van der Waals surface area contributed by atoms with E-state index >= 15 is 0 Å². The quantitative estimate of drug-likeness (QED) is 0.359. The van der Waals surface area contributed by atoms with Crippen LogP contribution in [-0.4, -0.2) is 50.3 Å². The first-order chi connectivity index (χ1) is 15.5. The summed E-state index contributed by atoms with van der Waals surface area (Å²) in [5, 5.41) is 8.79. The molecule has 2 aliphatic heterocycles. The maximum atomic E-state index is 6.81. The van der Waals surface area contributed by atoms with Crippen molar-refractivity contribution in [2.45, 2.75) is 77.8 Å². The molecule has 34 heavy (non-hydrogen) atoms. The summed E-state index contributed by atoms with van der Waals surface area (Å²) in [4.78, 5) is 2.05. The molecular formula is C26H38AsN3O4. The van der Waals surface area contributed by atoms with Crippen LogP contribution in [0.5, 0.6) is 0 Å². The fraction of sp³-hybridized carbons (Fsp3) is 0.538. The molecule has 0 radical (unpaired) electrons. The Morgan fingerprint density at radius 3 is 1.21 bits per heavy atom. The second kappa shape index (κ2) is 7.62. The van der Waals surface area contributed by atoms with Crippen molar-refractivity contribution < 1.29 is 14.9 Å². The molecular weight excluding hydrogens is 493 g/mol. The van der Waals surface area contributed by atoms with Gasteiger partial charge in [-0.3, -0.25) is 0 Å². The number of rotatable bonds is 4. The average Bonchev–Trinajstić information content (AvgIpc) is 2.97.